The monoisotopic (exact) mass is 454 g/mol. The standard InChI is InChI=1S/C28H30N4O2/c1-2-11-22-12-3-6-16-26(22)34-21-10-9-20-32-25-15-5-4-13-23(25)31-27(32)17-19-30-28(33)24-14-7-8-18-29-24/h2-8,12-16,18H,1,9-11,17,19-21H2,(H,30,33). The second-order valence-electron chi connectivity index (χ2n) is 8.05. The molecule has 0 atom stereocenters. The first kappa shape index (κ1) is 23.2. The van der Waals surface area contributed by atoms with Crippen LogP contribution in [0.1, 0.15) is 34.7 Å². The summed E-state index contributed by atoms with van der Waals surface area (Å²) in [5.74, 6) is 1.73. The molecule has 4 aromatic rings. The largest absolute Gasteiger partial charge is 0.493 e. The van der Waals surface area contributed by atoms with Crippen LogP contribution < -0.4 is 10.1 Å². The Balaban J connectivity index is 1.33. The van der Waals surface area contributed by atoms with Crippen LogP contribution in [0, 0.1) is 0 Å². The number of pyridine rings is 1. The van der Waals surface area contributed by atoms with Crippen molar-refractivity contribution in [3.05, 3.63) is 103 Å². The number of amides is 1. The van der Waals surface area contributed by atoms with Crippen molar-refractivity contribution in [1.82, 2.24) is 19.9 Å². The molecule has 0 aliphatic heterocycles. The maximum atomic E-state index is 12.3. The number of aromatic nitrogens is 3. The number of benzene rings is 2. The van der Waals surface area contributed by atoms with Crippen molar-refractivity contribution >= 4 is 16.9 Å². The first-order chi connectivity index (χ1) is 16.8. The molecule has 0 aliphatic rings. The summed E-state index contributed by atoms with van der Waals surface area (Å²) >= 11 is 0. The predicted molar refractivity (Wildman–Crippen MR) is 135 cm³/mol. The van der Waals surface area contributed by atoms with Crippen LogP contribution in [0.15, 0.2) is 85.6 Å². The number of carbonyl (C=O) groups is 1. The second kappa shape index (κ2) is 11.8. The molecule has 34 heavy (non-hydrogen) atoms. The van der Waals surface area contributed by atoms with Crippen LogP contribution in [0.25, 0.3) is 11.0 Å². The summed E-state index contributed by atoms with van der Waals surface area (Å²) in [4.78, 5) is 21.2. The summed E-state index contributed by atoms with van der Waals surface area (Å²) in [5, 5.41) is 2.95. The normalized spacial score (nSPS) is 10.8. The molecule has 0 unspecified atom stereocenters. The van der Waals surface area contributed by atoms with Crippen LogP contribution in [0.3, 0.4) is 0 Å². The Kier molecular flexibility index (Phi) is 8.06. The highest BCUT2D eigenvalue weighted by molar-refractivity contribution is 5.92. The maximum Gasteiger partial charge on any atom is 0.269 e. The van der Waals surface area contributed by atoms with E-state index in [1.165, 1.54) is 0 Å². The van der Waals surface area contributed by atoms with Crippen molar-refractivity contribution in [2.24, 2.45) is 0 Å². The van der Waals surface area contributed by atoms with Gasteiger partial charge in [0.05, 0.1) is 17.6 Å². The van der Waals surface area contributed by atoms with Gasteiger partial charge in [0.2, 0.25) is 0 Å². The third-order valence-corrected chi connectivity index (χ3v) is 5.64. The van der Waals surface area contributed by atoms with Crippen molar-refractivity contribution < 1.29 is 9.53 Å². The van der Waals surface area contributed by atoms with E-state index in [2.05, 4.69) is 33.6 Å². The molecule has 174 valence electrons. The third-order valence-electron chi connectivity index (χ3n) is 5.64. The molecule has 4 rings (SSSR count). The van der Waals surface area contributed by atoms with Crippen LogP contribution in [0.4, 0.5) is 0 Å². The number of fused-ring (bicyclic) bond motifs is 1. The molecular formula is C28H30N4O2. The highest BCUT2D eigenvalue weighted by Crippen LogP contribution is 2.20. The van der Waals surface area contributed by atoms with E-state index in [9.17, 15) is 4.79 Å². The van der Waals surface area contributed by atoms with Gasteiger partial charge in [0.1, 0.15) is 17.3 Å². The molecule has 0 saturated heterocycles. The summed E-state index contributed by atoms with van der Waals surface area (Å²) in [5.41, 5.74) is 3.67. The molecule has 0 aliphatic carbocycles. The zero-order valence-electron chi connectivity index (χ0n) is 19.3. The fourth-order valence-electron chi connectivity index (χ4n) is 3.96. The molecule has 0 bridgehead atoms. The minimum absolute atomic E-state index is 0.169. The molecule has 0 saturated carbocycles. The van der Waals surface area contributed by atoms with Crippen LogP contribution in [-0.4, -0.2) is 33.6 Å². The lowest BCUT2D eigenvalue weighted by Crippen LogP contribution is -2.27. The Hall–Kier alpha value is -3.93. The number of nitrogens with zero attached hydrogens (tertiary/aromatic N) is 3. The fraction of sp³-hybridized carbons (Fsp3) is 0.250. The number of carbonyl (C=O) groups excluding carboxylic acids is 1. The summed E-state index contributed by atoms with van der Waals surface area (Å²) < 4.78 is 8.29. The van der Waals surface area contributed by atoms with Gasteiger partial charge in [-0.15, -0.1) is 6.58 Å². The number of hydrogen-bond donors (Lipinski definition) is 1. The lowest BCUT2D eigenvalue weighted by molar-refractivity contribution is 0.0949. The summed E-state index contributed by atoms with van der Waals surface area (Å²) in [6.07, 6.45) is 6.88. The van der Waals surface area contributed by atoms with Crippen molar-refractivity contribution in [3.63, 3.8) is 0 Å². The van der Waals surface area contributed by atoms with Gasteiger partial charge >= 0.3 is 0 Å². The Bertz CT molecular complexity index is 1230. The maximum absolute atomic E-state index is 12.3. The minimum atomic E-state index is -0.169. The van der Waals surface area contributed by atoms with Gasteiger partial charge in [0.25, 0.3) is 5.91 Å². The number of aryl methyl sites for hydroxylation is 1. The Morgan fingerprint density at radius 1 is 1.03 bits per heavy atom. The van der Waals surface area contributed by atoms with Gasteiger partial charge < -0.3 is 14.6 Å². The van der Waals surface area contributed by atoms with E-state index < -0.39 is 0 Å². The molecule has 1 amide bonds. The smallest absolute Gasteiger partial charge is 0.269 e. The number of unbranched alkanes of at least 4 members (excludes halogenated alkanes) is 1. The van der Waals surface area contributed by atoms with Gasteiger partial charge in [-0.05, 0) is 55.2 Å². The number of ether oxygens (including phenoxy) is 1. The molecule has 2 aromatic carbocycles. The van der Waals surface area contributed by atoms with Gasteiger partial charge in [-0.1, -0.05) is 42.5 Å². The number of para-hydroxylation sites is 3. The minimum Gasteiger partial charge on any atom is -0.493 e. The van der Waals surface area contributed by atoms with Crippen LogP contribution in [0.2, 0.25) is 0 Å². The van der Waals surface area contributed by atoms with Crippen molar-refractivity contribution in [3.8, 4) is 5.75 Å². The molecule has 0 radical (unpaired) electrons. The van der Waals surface area contributed by atoms with Crippen molar-refractivity contribution in [1.29, 1.82) is 0 Å². The number of allylic oxidation sites excluding steroid dienone is 1. The molecule has 6 nitrogen and oxygen atoms in total. The van der Waals surface area contributed by atoms with E-state index >= 15 is 0 Å². The summed E-state index contributed by atoms with van der Waals surface area (Å²) in [7, 11) is 0. The van der Waals surface area contributed by atoms with Gasteiger partial charge in [-0.25, -0.2) is 4.98 Å². The molecular weight excluding hydrogens is 424 g/mol. The third kappa shape index (κ3) is 5.90. The predicted octanol–water partition coefficient (Wildman–Crippen LogP) is 4.99. The lowest BCUT2D eigenvalue weighted by atomic mass is 10.1. The topological polar surface area (TPSA) is 69.0 Å². The van der Waals surface area contributed by atoms with E-state index in [4.69, 9.17) is 9.72 Å². The Morgan fingerprint density at radius 2 is 1.85 bits per heavy atom. The van der Waals surface area contributed by atoms with Gasteiger partial charge in [0.15, 0.2) is 0 Å². The van der Waals surface area contributed by atoms with E-state index in [0.717, 1.165) is 54.0 Å². The summed E-state index contributed by atoms with van der Waals surface area (Å²) in [6, 6.07) is 21.6. The van der Waals surface area contributed by atoms with Gasteiger partial charge in [-0.2, -0.15) is 0 Å². The SMILES string of the molecule is C=CCc1ccccc1OCCCCn1c(CCNC(=O)c2ccccn2)nc2ccccc21. The number of rotatable bonds is 12. The van der Waals surface area contributed by atoms with Gasteiger partial charge in [0, 0.05) is 25.7 Å². The highest BCUT2D eigenvalue weighted by Gasteiger charge is 2.12. The first-order valence-electron chi connectivity index (χ1n) is 11.7. The summed E-state index contributed by atoms with van der Waals surface area (Å²) in [6.45, 7) is 5.84. The molecule has 0 fully saturated rings. The molecule has 6 heteroatoms. The van der Waals surface area contributed by atoms with Gasteiger partial charge in [-0.3, -0.25) is 9.78 Å². The molecule has 0 spiro atoms. The van der Waals surface area contributed by atoms with E-state index in [-0.39, 0.29) is 5.91 Å². The molecule has 2 aromatic heterocycles. The number of imidazole rings is 1. The van der Waals surface area contributed by atoms with Crippen molar-refractivity contribution in [2.75, 3.05) is 13.2 Å². The average Bonchev–Trinajstić information content (AvgIpc) is 3.22. The Morgan fingerprint density at radius 3 is 2.71 bits per heavy atom. The molecule has 2 heterocycles. The van der Waals surface area contributed by atoms with Crippen LogP contribution >= 0.6 is 0 Å². The molecule has 1 N–H and O–H groups in total. The number of nitrogens with one attached hydrogen (secondary N) is 1. The zero-order chi connectivity index (χ0) is 23.6. The van der Waals surface area contributed by atoms with E-state index in [1.54, 1.807) is 18.3 Å². The zero-order valence-corrected chi connectivity index (χ0v) is 19.3. The highest BCUT2D eigenvalue weighted by atomic mass is 16.5. The fourth-order valence-corrected chi connectivity index (χ4v) is 3.96. The lowest BCUT2D eigenvalue weighted by Gasteiger charge is -2.12. The second-order valence-corrected chi connectivity index (χ2v) is 8.05. The first-order valence-corrected chi connectivity index (χ1v) is 11.7. The number of hydrogen-bond acceptors (Lipinski definition) is 4. The van der Waals surface area contributed by atoms with Crippen molar-refractivity contribution in [2.45, 2.75) is 32.2 Å². The van der Waals surface area contributed by atoms with E-state index in [1.807, 2.05) is 48.5 Å². The van der Waals surface area contributed by atoms with Crippen LogP contribution in [-0.2, 0) is 19.4 Å². The quantitative estimate of drug-likeness (QED) is 0.242. The van der Waals surface area contributed by atoms with Crippen LogP contribution in [0.5, 0.6) is 5.75 Å². The average molecular weight is 455 g/mol. The van der Waals surface area contributed by atoms with E-state index in [0.29, 0.717) is 25.3 Å². The Labute approximate surface area is 200 Å².